The number of aliphatic hydroxyl groups is 2. The molecule has 0 heterocycles. The molecule has 1 spiro atoms. The Kier molecular flexibility index (Phi) is 3.65. The Bertz CT molecular complexity index is 548. The molecule has 0 aromatic heterocycles. The molecule has 4 heteroatoms. The predicted octanol–water partition coefficient (Wildman–Crippen LogP) is 3.06. The SMILES string of the molecule is CC1(CO)CCC(O)C2(C)C1CCC13CC(CCC12)C(C(=O)O)C3. The van der Waals surface area contributed by atoms with E-state index in [0.717, 1.165) is 51.4 Å². The van der Waals surface area contributed by atoms with Crippen molar-refractivity contribution in [2.75, 3.05) is 6.61 Å². The van der Waals surface area contributed by atoms with Crippen LogP contribution in [0.2, 0.25) is 0 Å². The third-order valence-corrected chi connectivity index (χ3v) is 9.09. The second-order valence-corrected chi connectivity index (χ2v) is 9.93. The number of hydrogen-bond donors (Lipinski definition) is 3. The van der Waals surface area contributed by atoms with Crippen LogP contribution in [0.25, 0.3) is 0 Å². The molecule has 3 N–H and O–H groups in total. The van der Waals surface area contributed by atoms with Crippen LogP contribution in [0.4, 0.5) is 0 Å². The number of rotatable bonds is 2. The molecule has 4 saturated carbocycles. The Hall–Kier alpha value is -0.610. The molecular weight excluding hydrogens is 304 g/mol. The molecule has 4 aliphatic rings. The number of carboxylic acid groups (broad SMARTS) is 1. The summed E-state index contributed by atoms with van der Waals surface area (Å²) < 4.78 is 0. The lowest BCUT2D eigenvalue weighted by molar-refractivity contribution is -0.209. The molecule has 136 valence electrons. The highest BCUT2D eigenvalue weighted by Gasteiger charge is 2.67. The zero-order valence-electron chi connectivity index (χ0n) is 15.0. The molecule has 24 heavy (non-hydrogen) atoms. The van der Waals surface area contributed by atoms with E-state index in [2.05, 4.69) is 13.8 Å². The highest BCUT2D eigenvalue weighted by molar-refractivity contribution is 5.71. The van der Waals surface area contributed by atoms with Gasteiger partial charge in [0.15, 0.2) is 0 Å². The summed E-state index contributed by atoms with van der Waals surface area (Å²) in [5, 5.41) is 30.7. The normalized spacial score (nSPS) is 56.4. The third kappa shape index (κ3) is 1.96. The molecular formula is C20H32O4. The first-order valence-electron chi connectivity index (χ1n) is 9.78. The zero-order chi connectivity index (χ0) is 17.3. The van der Waals surface area contributed by atoms with Crippen LogP contribution in [-0.4, -0.2) is 34.0 Å². The summed E-state index contributed by atoms with van der Waals surface area (Å²) in [6, 6.07) is 0. The van der Waals surface area contributed by atoms with E-state index in [0.29, 0.717) is 17.8 Å². The molecule has 0 radical (unpaired) electrons. The predicted molar refractivity (Wildman–Crippen MR) is 90.3 cm³/mol. The minimum absolute atomic E-state index is 0.1000. The maximum atomic E-state index is 11.7. The maximum absolute atomic E-state index is 11.7. The lowest BCUT2D eigenvalue weighted by Crippen LogP contribution is -2.62. The van der Waals surface area contributed by atoms with Crippen molar-refractivity contribution in [3.8, 4) is 0 Å². The second-order valence-electron chi connectivity index (χ2n) is 9.93. The average Bonchev–Trinajstić information content (AvgIpc) is 2.83. The van der Waals surface area contributed by atoms with Crippen LogP contribution < -0.4 is 0 Å². The van der Waals surface area contributed by atoms with Crippen LogP contribution in [-0.2, 0) is 4.79 Å². The van der Waals surface area contributed by atoms with E-state index < -0.39 is 5.97 Å². The first-order valence-corrected chi connectivity index (χ1v) is 9.78. The monoisotopic (exact) mass is 336 g/mol. The topological polar surface area (TPSA) is 77.8 Å². The van der Waals surface area contributed by atoms with Crippen LogP contribution in [0.15, 0.2) is 0 Å². The van der Waals surface area contributed by atoms with Crippen molar-refractivity contribution in [1.82, 2.24) is 0 Å². The molecule has 0 saturated heterocycles. The average molecular weight is 336 g/mol. The molecule has 4 nitrogen and oxygen atoms in total. The van der Waals surface area contributed by atoms with Crippen LogP contribution in [0.1, 0.15) is 65.2 Å². The molecule has 4 aliphatic carbocycles. The summed E-state index contributed by atoms with van der Waals surface area (Å²) >= 11 is 0. The fraction of sp³-hybridized carbons (Fsp3) is 0.950. The third-order valence-electron chi connectivity index (χ3n) is 9.09. The molecule has 2 bridgehead atoms. The van der Waals surface area contributed by atoms with Crippen molar-refractivity contribution in [3.63, 3.8) is 0 Å². The van der Waals surface area contributed by atoms with Gasteiger partial charge in [0.1, 0.15) is 0 Å². The molecule has 8 unspecified atom stereocenters. The Balaban J connectivity index is 1.73. The largest absolute Gasteiger partial charge is 0.481 e. The van der Waals surface area contributed by atoms with Crippen molar-refractivity contribution in [1.29, 1.82) is 0 Å². The van der Waals surface area contributed by atoms with Gasteiger partial charge in [0, 0.05) is 12.0 Å². The second kappa shape index (κ2) is 5.20. The Labute approximate surface area is 144 Å². The van der Waals surface area contributed by atoms with Crippen molar-refractivity contribution in [2.45, 2.75) is 71.3 Å². The van der Waals surface area contributed by atoms with Crippen LogP contribution in [0, 0.1) is 39.9 Å². The van der Waals surface area contributed by atoms with Crippen molar-refractivity contribution >= 4 is 5.97 Å². The van der Waals surface area contributed by atoms with Crippen LogP contribution in [0.5, 0.6) is 0 Å². The van der Waals surface area contributed by atoms with E-state index in [1.807, 2.05) is 0 Å². The Morgan fingerprint density at radius 3 is 2.46 bits per heavy atom. The summed E-state index contributed by atoms with van der Waals surface area (Å²) in [6.07, 6.45) is 7.36. The minimum atomic E-state index is -0.616. The highest BCUT2D eigenvalue weighted by Crippen LogP contribution is 2.72. The van der Waals surface area contributed by atoms with E-state index in [1.165, 1.54) is 0 Å². The Morgan fingerprint density at radius 2 is 1.79 bits per heavy atom. The van der Waals surface area contributed by atoms with Crippen LogP contribution >= 0.6 is 0 Å². The van der Waals surface area contributed by atoms with Gasteiger partial charge in [-0.2, -0.15) is 0 Å². The van der Waals surface area contributed by atoms with Gasteiger partial charge in [0.2, 0.25) is 0 Å². The van der Waals surface area contributed by atoms with E-state index in [4.69, 9.17) is 0 Å². The summed E-state index contributed by atoms with van der Waals surface area (Å²) in [6.45, 7) is 4.65. The van der Waals surface area contributed by atoms with Gasteiger partial charge in [0.05, 0.1) is 12.0 Å². The molecule has 4 rings (SSSR count). The van der Waals surface area contributed by atoms with Crippen LogP contribution in [0.3, 0.4) is 0 Å². The van der Waals surface area contributed by atoms with E-state index >= 15 is 0 Å². The Morgan fingerprint density at radius 1 is 1.04 bits per heavy atom. The van der Waals surface area contributed by atoms with E-state index in [-0.39, 0.29) is 34.9 Å². The molecule has 8 atom stereocenters. The van der Waals surface area contributed by atoms with E-state index in [1.54, 1.807) is 0 Å². The molecule has 0 aliphatic heterocycles. The summed E-state index contributed by atoms with van der Waals surface area (Å²) in [5.41, 5.74) is -0.157. The smallest absolute Gasteiger partial charge is 0.306 e. The van der Waals surface area contributed by atoms with Gasteiger partial charge in [-0.25, -0.2) is 0 Å². The number of carboxylic acids is 1. The summed E-state index contributed by atoms with van der Waals surface area (Å²) in [5.74, 6) is 0.290. The van der Waals surface area contributed by atoms with E-state index in [9.17, 15) is 20.1 Å². The van der Waals surface area contributed by atoms with Crippen molar-refractivity contribution in [3.05, 3.63) is 0 Å². The molecule has 4 fully saturated rings. The highest BCUT2D eigenvalue weighted by atomic mass is 16.4. The fourth-order valence-electron chi connectivity index (χ4n) is 7.96. The standard InChI is InChI=1S/C20H32O4/c1-18(11-21)7-6-16(22)19(2)14(18)5-8-20-9-12(3-4-15(19)20)13(10-20)17(23)24/h12-16,21-22H,3-11H2,1-2H3,(H,23,24). The number of fused-ring (bicyclic) bond motifs is 3. The van der Waals surface area contributed by atoms with Gasteiger partial charge in [0.25, 0.3) is 0 Å². The van der Waals surface area contributed by atoms with Crippen molar-refractivity contribution < 1.29 is 20.1 Å². The number of hydrogen-bond acceptors (Lipinski definition) is 3. The maximum Gasteiger partial charge on any atom is 0.306 e. The fourth-order valence-corrected chi connectivity index (χ4v) is 7.96. The first kappa shape index (κ1) is 16.8. The van der Waals surface area contributed by atoms with Gasteiger partial charge < -0.3 is 15.3 Å². The van der Waals surface area contributed by atoms with Gasteiger partial charge in [-0.1, -0.05) is 13.8 Å². The minimum Gasteiger partial charge on any atom is -0.481 e. The van der Waals surface area contributed by atoms with Gasteiger partial charge >= 0.3 is 5.97 Å². The lowest BCUT2D eigenvalue weighted by Gasteiger charge is -2.65. The number of aliphatic hydroxyl groups excluding tert-OH is 2. The van der Waals surface area contributed by atoms with Gasteiger partial charge in [-0.05, 0) is 80.0 Å². The van der Waals surface area contributed by atoms with Gasteiger partial charge in [-0.3, -0.25) is 4.79 Å². The number of aliphatic carboxylic acids is 1. The molecule has 0 amide bonds. The first-order chi connectivity index (χ1) is 11.3. The lowest BCUT2D eigenvalue weighted by atomic mass is 9.40. The summed E-state index contributed by atoms with van der Waals surface area (Å²) in [4.78, 5) is 11.7. The van der Waals surface area contributed by atoms with Gasteiger partial charge in [-0.15, -0.1) is 0 Å². The molecule has 0 aromatic rings. The zero-order valence-corrected chi connectivity index (χ0v) is 15.0. The quantitative estimate of drug-likeness (QED) is 0.724. The molecule has 0 aromatic carbocycles. The number of carbonyl (C=O) groups is 1. The van der Waals surface area contributed by atoms with Crippen molar-refractivity contribution in [2.24, 2.45) is 39.9 Å². The summed E-state index contributed by atoms with van der Waals surface area (Å²) in [7, 11) is 0.